The van der Waals surface area contributed by atoms with Crippen LogP contribution in [0.2, 0.25) is 5.02 Å². The van der Waals surface area contributed by atoms with Crippen LogP contribution in [0.5, 0.6) is 0 Å². The topological polar surface area (TPSA) is 76.3 Å². The van der Waals surface area contributed by atoms with Crippen molar-refractivity contribution in [3.63, 3.8) is 0 Å². The molecule has 0 spiro atoms. The molecule has 1 saturated heterocycles. The van der Waals surface area contributed by atoms with Crippen LogP contribution in [-0.2, 0) is 10.0 Å². The Morgan fingerprint density at radius 2 is 1.70 bits per heavy atom. The first-order valence-electron chi connectivity index (χ1n) is 9.89. The summed E-state index contributed by atoms with van der Waals surface area (Å²) >= 11 is 5.95. The zero-order chi connectivity index (χ0) is 21.6. The minimum absolute atomic E-state index is 0.320. The molecule has 0 saturated carbocycles. The number of hydrogen-bond donors (Lipinski definition) is 0. The van der Waals surface area contributed by atoms with E-state index in [9.17, 15) is 8.42 Å². The van der Waals surface area contributed by atoms with Crippen molar-refractivity contribution in [2.45, 2.75) is 51.5 Å². The van der Waals surface area contributed by atoms with Crippen molar-refractivity contribution < 1.29 is 12.9 Å². The first-order valence-corrected chi connectivity index (χ1v) is 11.7. The summed E-state index contributed by atoms with van der Waals surface area (Å²) in [4.78, 5) is 4.90. The summed E-state index contributed by atoms with van der Waals surface area (Å²) in [6.45, 7) is 8.05. The molecule has 2 aromatic carbocycles. The van der Waals surface area contributed by atoms with Gasteiger partial charge in [-0.1, -0.05) is 22.8 Å². The summed E-state index contributed by atoms with van der Waals surface area (Å²) in [5.41, 5.74) is 4.28. The second kappa shape index (κ2) is 7.80. The minimum Gasteiger partial charge on any atom is -0.337 e. The molecule has 1 fully saturated rings. The SMILES string of the molecule is Cc1cc(C)c(C)c(S(=O)(=O)N2CCC[C@@H]2c2nc(-c3ccc(Cl)cc3)no2)c1C. The van der Waals surface area contributed by atoms with E-state index in [1.54, 1.807) is 12.1 Å². The van der Waals surface area contributed by atoms with E-state index in [4.69, 9.17) is 16.1 Å². The summed E-state index contributed by atoms with van der Waals surface area (Å²) < 4.78 is 34.4. The number of nitrogens with zero attached hydrogens (tertiary/aromatic N) is 3. The molecule has 158 valence electrons. The number of sulfonamides is 1. The van der Waals surface area contributed by atoms with E-state index in [0.29, 0.717) is 34.6 Å². The predicted molar refractivity (Wildman–Crippen MR) is 116 cm³/mol. The van der Waals surface area contributed by atoms with Gasteiger partial charge < -0.3 is 4.52 Å². The molecular formula is C22H24ClN3O3S. The normalized spacial score (nSPS) is 17.6. The lowest BCUT2D eigenvalue weighted by Gasteiger charge is -2.25. The highest BCUT2D eigenvalue weighted by atomic mass is 35.5. The van der Waals surface area contributed by atoms with Crippen LogP contribution in [0.25, 0.3) is 11.4 Å². The largest absolute Gasteiger partial charge is 0.337 e. The molecule has 3 aromatic rings. The molecule has 2 heterocycles. The first kappa shape index (κ1) is 21.0. The van der Waals surface area contributed by atoms with Gasteiger partial charge in [0.15, 0.2) is 0 Å². The third-order valence-electron chi connectivity index (χ3n) is 5.90. The van der Waals surface area contributed by atoms with Crippen LogP contribution in [0.3, 0.4) is 0 Å². The molecule has 0 radical (unpaired) electrons. The van der Waals surface area contributed by atoms with Gasteiger partial charge in [-0.3, -0.25) is 0 Å². The van der Waals surface area contributed by atoms with Crippen molar-refractivity contribution in [2.24, 2.45) is 0 Å². The van der Waals surface area contributed by atoms with Gasteiger partial charge in [-0.2, -0.15) is 9.29 Å². The van der Waals surface area contributed by atoms with Gasteiger partial charge >= 0.3 is 0 Å². The van der Waals surface area contributed by atoms with Crippen molar-refractivity contribution in [1.82, 2.24) is 14.4 Å². The van der Waals surface area contributed by atoms with Crippen LogP contribution in [0.1, 0.15) is 47.0 Å². The van der Waals surface area contributed by atoms with Crippen LogP contribution >= 0.6 is 11.6 Å². The first-order chi connectivity index (χ1) is 14.2. The molecule has 1 aliphatic heterocycles. The highest BCUT2D eigenvalue weighted by Crippen LogP contribution is 2.39. The van der Waals surface area contributed by atoms with Crippen LogP contribution in [-0.4, -0.2) is 29.4 Å². The number of rotatable bonds is 4. The molecule has 6 nitrogen and oxygen atoms in total. The summed E-state index contributed by atoms with van der Waals surface area (Å²) in [6.07, 6.45) is 1.38. The fraction of sp³-hybridized carbons (Fsp3) is 0.364. The Labute approximate surface area is 181 Å². The second-order valence-corrected chi connectivity index (χ2v) is 10.1. The van der Waals surface area contributed by atoms with Gasteiger partial charge in [-0.05, 0) is 87.1 Å². The Bertz CT molecular complexity index is 1180. The number of hydrogen-bond acceptors (Lipinski definition) is 5. The maximum atomic E-state index is 13.7. The molecule has 0 N–H and O–H groups in total. The Hall–Kier alpha value is -2.22. The summed E-state index contributed by atoms with van der Waals surface area (Å²) in [5.74, 6) is 0.741. The lowest BCUT2D eigenvalue weighted by molar-refractivity contribution is 0.290. The zero-order valence-electron chi connectivity index (χ0n) is 17.4. The Kier molecular flexibility index (Phi) is 5.46. The lowest BCUT2D eigenvalue weighted by Crippen LogP contribution is -2.32. The summed E-state index contributed by atoms with van der Waals surface area (Å²) in [7, 11) is -3.72. The van der Waals surface area contributed by atoms with Gasteiger partial charge in [0, 0.05) is 17.1 Å². The van der Waals surface area contributed by atoms with Gasteiger partial charge in [-0.25, -0.2) is 8.42 Å². The van der Waals surface area contributed by atoms with Crippen molar-refractivity contribution in [1.29, 1.82) is 0 Å². The van der Waals surface area contributed by atoms with Crippen molar-refractivity contribution in [2.75, 3.05) is 6.54 Å². The van der Waals surface area contributed by atoms with Crippen LogP contribution in [0.15, 0.2) is 39.8 Å². The quantitative estimate of drug-likeness (QED) is 0.555. The summed E-state index contributed by atoms with van der Waals surface area (Å²) in [5, 5.41) is 4.68. The molecule has 1 aromatic heterocycles. The number of aryl methyl sites for hydroxylation is 2. The van der Waals surface area contributed by atoms with Gasteiger partial charge in [0.1, 0.15) is 6.04 Å². The monoisotopic (exact) mass is 445 g/mol. The molecule has 30 heavy (non-hydrogen) atoms. The van der Waals surface area contributed by atoms with E-state index < -0.39 is 16.1 Å². The predicted octanol–water partition coefficient (Wildman–Crippen LogP) is 5.15. The van der Waals surface area contributed by atoms with Crippen molar-refractivity contribution >= 4 is 21.6 Å². The lowest BCUT2D eigenvalue weighted by atomic mass is 10.0. The molecule has 8 heteroatoms. The zero-order valence-corrected chi connectivity index (χ0v) is 19.0. The van der Waals surface area contributed by atoms with E-state index >= 15 is 0 Å². The standard InChI is InChI=1S/C22H24ClN3O3S/c1-13-12-14(2)16(4)20(15(13)3)30(27,28)26-11-5-6-19(26)22-24-21(25-29-22)17-7-9-18(23)10-8-17/h7-10,12,19H,5-6,11H2,1-4H3/t19-/m1/s1. The van der Waals surface area contributed by atoms with Crippen LogP contribution in [0, 0.1) is 27.7 Å². The second-order valence-electron chi connectivity index (χ2n) is 7.83. The Morgan fingerprint density at radius 1 is 1.07 bits per heavy atom. The average Bonchev–Trinajstić information content (AvgIpc) is 3.36. The van der Waals surface area contributed by atoms with Crippen molar-refractivity contribution in [3.8, 4) is 11.4 Å². The fourth-order valence-electron chi connectivity index (χ4n) is 4.05. The molecule has 4 rings (SSSR count). The fourth-order valence-corrected chi connectivity index (χ4v) is 6.40. The molecular weight excluding hydrogens is 422 g/mol. The molecule has 0 aliphatic carbocycles. The Balaban J connectivity index is 1.72. The minimum atomic E-state index is -3.72. The number of benzene rings is 2. The smallest absolute Gasteiger partial charge is 0.245 e. The van der Waals surface area contributed by atoms with Crippen LogP contribution < -0.4 is 0 Å². The summed E-state index contributed by atoms with van der Waals surface area (Å²) in [6, 6.07) is 8.69. The number of halogens is 1. The average molecular weight is 446 g/mol. The van der Waals surface area contributed by atoms with Gasteiger partial charge in [0.05, 0.1) is 4.90 Å². The highest BCUT2D eigenvalue weighted by molar-refractivity contribution is 7.89. The molecule has 0 unspecified atom stereocenters. The highest BCUT2D eigenvalue weighted by Gasteiger charge is 2.41. The van der Waals surface area contributed by atoms with Crippen LogP contribution in [0.4, 0.5) is 0 Å². The van der Waals surface area contributed by atoms with E-state index in [2.05, 4.69) is 10.1 Å². The van der Waals surface area contributed by atoms with E-state index in [1.165, 1.54) is 4.31 Å². The maximum absolute atomic E-state index is 13.7. The van der Waals surface area contributed by atoms with E-state index in [0.717, 1.165) is 34.2 Å². The third kappa shape index (κ3) is 3.55. The molecule has 0 bridgehead atoms. The van der Waals surface area contributed by atoms with Gasteiger partial charge in [-0.15, -0.1) is 0 Å². The molecule has 1 atom stereocenters. The van der Waals surface area contributed by atoms with Gasteiger partial charge in [0.2, 0.25) is 21.7 Å². The van der Waals surface area contributed by atoms with Gasteiger partial charge in [0.25, 0.3) is 0 Å². The molecule has 1 aliphatic rings. The Morgan fingerprint density at radius 3 is 2.33 bits per heavy atom. The molecule has 0 amide bonds. The van der Waals surface area contributed by atoms with Crippen molar-refractivity contribution in [3.05, 3.63) is 63.5 Å². The third-order valence-corrected chi connectivity index (χ3v) is 8.33. The number of aromatic nitrogens is 2. The van der Waals surface area contributed by atoms with E-state index in [-0.39, 0.29) is 0 Å². The van der Waals surface area contributed by atoms with E-state index in [1.807, 2.05) is 45.9 Å². The maximum Gasteiger partial charge on any atom is 0.245 e.